The van der Waals surface area contributed by atoms with Crippen LogP contribution < -0.4 is 10.6 Å². The number of rotatable bonds is 9. The Morgan fingerprint density at radius 2 is 1.92 bits per heavy atom. The van der Waals surface area contributed by atoms with Crippen molar-refractivity contribution in [3.05, 3.63) is 0 Å². The van der Waals surface area contributed by atoms with Gasteiger partial charge in [0.05, 0.1) is 0 Å². The van der Waals surface area contributed by atoms with E-state index in [0.717, 1.165) is 32.1 Å². The van der Waals surface area contributed by atoms with Crippen molar-refractivity contribution in [2.75, 3.05) is 47.4 Å². The number of ether oxygens (including phenoxy) is 1. The predicted octanol–water partition coefficient (Wildman–Crippen LogP) is 2.23. The second-order valence-corrected chi connectivity index (χ2v) is 6.54. The van der Waals surface area contributed by atoms with Gasteiger partial charge in [0.2, 0.25) is 5.91 Å². The van der Waals surface area contributed by atoms with Crippen molar-refractivity contribution in [3.8, 4) is 0 Å². The molecule has 1 saturated carbocycles. The molecule has 2 N–H and O–H groups in total. The van der Waals surface area contributed by atoms with Gasteiger partial charge in [-0.3, -0.25) is 9.79 Å². The first kappa shape index (κ1) is 23.4. The Balaban J connectivity index is 0.00000529. The second-order valence-electron chi connectivity index (χ2n) is 6.54. The first-order valence-corrected chi connectivity index (χ1v) is 8.75. The van der Waals surface area contributed by atoms with Crippen LogP contribution in [0.15, 0.2) is 4.99 Å². The molecular weight excluding hydrogens is 419 g/mol. The molecule has 0 heterocycles. The number of guanidine groups is 1. The maximum absolute atomic E-state index is 11.6. The van der Waals surface area contributed by atoms with Crippen LogP contribution >= 0.6 is 24.0 Å². The minimum Gasteiger partial charge on any atom is -0.382 e. The molecule has 1 fully saturated rings. The third kappa shape index (κ3) is 8.50. The Labute approximate surface area is 164 Å². The summed E-state index contributed by atoms with van der Waals surface area (Å²) < 4.78 is 5.55. The molecule has 0 unspecified atom stereocenters. The van der Waals surface area contributed by atoms with Crippen molar-refractivity contribution in [1.82, 2.24) is 15.5 Å². The summed E-state index contributed by atoms with van der Waals surface area (Å²) >= 11 is 0. The van der Waals surface area contributed by atoms with Gasteiger partial charge in [-0.1, -0.05) is 12.8 Å². The number of hydrogen-bond donors (Lipinski definition) is 2. The Bertz CT molecular complexity index is 383. The van der Waals surface area contributed by atoms with E-state index in [4.69, 9.17) is 4.74 Å². The third-order valence-electron chi connectivity index (χ3n) is 4.63. The Kier molecular flexibility index (Phi) is 12.4. The lowest BCUT2D eigenvalue weighted by Gasteiger charge is -2.30. The fraction of sp³-hybridized carbons (Fsp3) is 0.882. The van der Waals surface area contributed by atoms with Gasteiger partial charge in [-0.2, -0.15) is 0 Å². The highest BCUT2D eigenvalue weighted by Gasteiger charge is 2.33. The van der Waals surface area contributed by atoms with Crippen molar-refractivity contribution >= 4 is 35.8 Å². The number of carbonyl (C=O) groups is 1. The lowest BCUT2D eigenvalue weighted by atomic mass is 9.83. The summed E-state index contributed by atoms with van der Waals surface area (Å²) in [5.74, 6) is 0.899. The third-order valence-corrected chi connectivity index (χ3v) is 4.63. The van der Waals surface area contributed by atoms with Crippen LogP contribution in [0.2, 0.25) is 0 Å². The van der Waals surface area contributed by atoms with Crippen molar-refractivity contribution in [2.45, 2.75) is 45.4 Å². The van der Waals surface area contributed by atoms with E-state index in [0.29, 0.717) is 18.4 Å². The average Bonchev–Trinajstić information content (AvgIpc) is 2.99. The Morgan fingerprint density at radius 1 is 1.25 bits per heavy atom. The first-order valence-electron chi connectivity index (χ1n) is 8.75. The van der Waals surface area contributed by atoms with Crippen molar-refractivity contribution in [1.29, 1.82) is 0 Å². The van der Waals surface area contributed by atoms with Crippen LogP contribution in [0.1, 0.15) is 45.4 Å². The molecule has 0 saturated heterocycles. The molecule has 1 aliphatic rings. The molecule has 1 aliphatic carbocycles. The second kappa shape index (κ2) is 12.7. The lowest BCUT2D eigenvalue weighted by molar-refractivity contribution is -0.128. The molecule has 6 nitrogen and oxygen atoms in total. The monoisotopic (exact) mass is 454 g/mol. The summed E-state index contributed by atoms with van der Waals surface area (Å²) in [6, 6.07) is 0. The van der Waals surface area contributed by atoms with Gasteiger partial charge in [-0.25, -0.2) is 0 Å². The molecule has 0 bridgehead atoms. The van der Waals surface area contributed by atoms with E-state index in [2.05, 4.69) is 15.6 Å². The first-order chi connectivity index (χ1) is 11.0. The van der Waals surface area contributed by atoms with Crippen LogP contribution in [0.4, 0.5) is 0 Å². The average molecular weight is 454 g/mol. The highest BCUT2D eigenvalue weighted by atomic mass is 127. The number of carbonyl (C=O) groups excluding carboxylic acids is 1. The van der Waals surface area contributed by atoms with Gasteiger partial charge in [-0.15, -0.1) is 24.0 Å². The number of hydrogen-bond acceptors (Lipinski definition) is 3. The van der Waals surface area contributed by atoms with Gasteiger partial charge in [-0.05, 0) is 31.6 Å². The molecule has 0 aromatic carbocycles. The van der Waals surface area contributed by atoms with Gasteiger partial charge in [0.25, 0.3) is 0 Å². The van der Waals surface area contributed by atoms with Crippen molar-refractivity contribution in [3.63, 3.8) is 0 Å². The quantitative estimate of drug-likeness (QED) is 0.243. The smallest absolute Gasteiger partial charge is 0.223 e. The molecule has 0 radical (unpaired) electrons. The molecule has 0 aliphatic heterocycles. The molecular formula is C17H35IN4O2. The minimum absolute atomic E-state index is 0. The molecule has 0 aromatic rings. The van der Waals surface area contributed by atoms with Gasteiger partial charge >= 0.3 is 0 Å². The summed E-state index contributed by atoms with van der Waals surface area (Å²) in [4.78, 5) is 17.5. The fourth-order valence-corrected chi connectivity index (χ4v) is 3.08. The Morgan fingerprint density at radius 3 is 2.46 bits per heavy atom. The van der Waals surface area contributed by atoms with Crippen molar-refractivity contribution in [2.24, 2.45) is 10.4 Å². The van der Waals surface area contributed by atoms with E-state index < -0.39 is 0 Å². The number of halogens is 1. The minimum atomic E-state index is 0. The molecule has 142 valence electrons. The standard InChI is InChI=1S/C17H34N4O2.HI/c1-5-23-13-11-17(9-6-7-10-17)14-20-16(18-2)19-12-8-15(22)21(3)4;/h5-14H2,1-4H3,(H2,18,19,20);1H. The maximum atomic E-state index is 11.6. The summed E-state index contributed by atoms with van der Waals surface area (Å²) in [5.41, 5.74) is 0.326. The van der Waals surface area contributed by atoms with E-state index in [1.54, 1.807) is 26.0 Å². The topological polar surface area (TPSA) is 66.0 Å². The van der Waals surface area contributed by atoms with Crippen LogP contribution in [0, 0.1) is 5.41 Å². The summed E-state index contributed by atoms with van der Waals surface area (Å²) in [5, 5.41) is 6.66. The zero-order valence-electron chi connectivity index (χ0n) is 15.7. The number of nitrogens with zero attached hydrogens (tertiary/aromatic N) is 2. The SMILES string of the molecule is CCOCCC1(CNC(=NC)NCCC(=O)N(C)C)CCCC1.I. The molecule has 0 aromatic heterocycles. The molecule has 0 spiro atoms. The van der Waals surface area contributed by atoms with Crippen LogP contribution in [0.3, 0.4) is 0 Å². The Hall–Kier alpha value is -0.570. The van der Waals surface area contributed by atoms with Gasteiger partial charge in [0, 0.05) is 53.9 Å². The van der Waals surface area contributed by atoms with Crippen LogP contribution in [-0.2, 0) is 9.53 Å². The van der Waals surface area contributed by atoms with Gasteiger partial charge < -0.3 is 20.3 Å². The molecule has 24 heavy (non-hydrogen) atoms. The predicted molar refractivity (Wildman–Crippen MR) is 110 cm³/mol. The van der Waals surface area contributed by atoms with E-state index in [-0.39, 0.29) is 29.9 Å². The van der Waals surface area contributed by atoms with Crippen LogP contribution in [0.25, 0.3) is 0 Å². The zero-order chi connectivity index (χ0) is 17.1. The number of amides is 1. The lowest BCUT2D eigenvalue weighted by Crippen LogP contribution is -2.44. The molecule has 1 rings (SSSR count). The fourth-order valence-electron chi connectivity index (χ4n) is 3.08. The van der Waals surface area contributed by atoms with E-state index in [1.165, 1.54) is 25.7 Å². The van der Waals surface area contributed by atoms with E-state index >= 15 is 0 Å². The number of aliphatic imine (C=N–C) groups is 1. The normalized spacial score (nSPS) is 16.4. The van der Waals surface area contributed by atoms with Crippen molar-refractivity contribution < 1.29 is 9.53 Å². The molecule has 0 atom stereocenters. The zero-order valence-corrected chi connectivity index (χ0v) is 18.0. The highest BCUT2D eigenvalue weighted by Crippen LogP contribution is 2.40. The number of nitrogens with one attached hydrogen (secondary N) is 2. The molecule has 7 heteroatoms. The van der Waals surface area contributed by atoms with E-state index in [9.17, 15) is 4.79 Å². The largest absolute Gasteiger partial charge is 0.382 e. The summed E-state index contributed by atoms with van der Waals surface area (Å²) in [6.45, 7) is 5.18. The van der Waals surface area contributed by atoms with Crippen LogP contribution in [-0.4, -0.2) is 64.2 Å². The highest BCUT2D eigenvalue weighted by molar-refractivity contribution is 14.0. The summed E-state index contributed by atoms with van der Waals surface area (Å²) in [7, 11) is 5.32. The molecule has 1 amide bonds. The van der Waals surface area contributed by atoms with E-state index in [1.807, 2.05) is 6.92 Å². The van der Waals surface area contributed by atoms with Crippen LogP contribution in [0.5, 0.6) is 0 Å². The van der Waals surface area contributed by atoms with Gasteiger partial charge in [0.15, 0.2) is 5.96 Å². The summed E-state index contributed by atoms with van der Waals surface area (Å²) in [6.07, 6.45) is 6.69. The maximum Gasteiger partial charge on any atom is 0.223 e. The van der Waals surface area contributed by atoms with Gasteiger partial charge in [0.1, 0.15) is 0 Å².